The molecule has 0 saturated heterocycles. The summed E-state index contributed by atoms with van der Waals surface area (Å²) < 4.78 is 0. The molecular formula is C11H16ClN3. The minimum Gasteiger partial charge on any atom is -0.348 e. The standard InChI is InChI=1S/C11H16ClN3/c12-9-11(5-2-1-3-6-11)15-10-13-7-4-8-14-10/h4,7-8H,1-3,5-6,9H2,(H,13,14,15). The number of aromatic nitrogens is 2. The largest absolute Gasteiger partial charge is 0.348 e. The summed E-state index contributed by atoms with van der Waals surface area (Å²) in [5.74, 6) is 1.32. The molecular weight excluding hydrogens is 210 g/mol. The van der Waals surface area contributed by atoms with Crippen LogP contribution in [0.5, 0.6) is 0 Å². The molecule has 0 spiro atoms. The summed E-state index contributed by atoms with van der Waals surface area (Å²) >= 11 is 6.07. The van der Waals surface area contributed by atoms with Crippen molar-refractivity contribution < 1.29 is 0 Å². The summed E-state index contributed by atoms with van der Waals surface area (Å²) in [4.78, 5) is 8.37. The van der Waals surface area contributed by atoms with E-state index in [4.69, 9.17) is 11.6 Å². The number of rotatable bonds is 3. The van der Waals surface area contributed by atoms with Crippen molar-refractivity contribution in [2.45, 2.75) is 37.6 Å². The predicted octanol–water partition coefficient (Wildman–Crippen LogP) is 2.83. The van der Waals surface area contributed by atoms with E-state index in [-0.39, 0.29) is 5.54 Å². The fourth-order valence-electron chi connectivity index (χ4n) is 2.12. The first-order valence-electron chi connectivity index (χ1n) is 5.46. The summed E-state index contributed by atoms with van der Waals surface area (Å²) in [6.07, 6.45) is 9.54. The molecule has 0 amide bonds. The molecule has 1 aromatic rings. The predicted molar refractivity (Wildman–Crippen MR) is 62.2 cm³/mol. The van der Waals surface area contributed by atoms with Gasteiger partial charge in [0.1, 0.15) is 0 Å². The van der Waals surface area contributed by atoms with E-state index in [1.807, 2.05) is 6.07 Å². The van der Waals surface area contributed by atoms with Gasteiger partial charge in [-0.2, -0.15) is 0 Å². The van der Waals surface area contributed by atoms with Crippen molar-refractivity contribution in [2.24, 2.45) is 0 Å². The highest BCUT2D eigenvalue weighted by Crippen LogP contribution is 2.31. The van der Waals surface area contributed by atoms with E-state index in [1.165, 1.54) is 19.3 Å². The molecule has 15 heavy (non-hydrogen) atoms. The quantitative estimate of drug-likeness (QED) is 0.804. The molecule has 0 bridgehead atoms. The molecule has 2 rings (SSSR count). The molecule has 0 aromatic carbocycles. The van der Waals surface area contributed by atoms with Gasteiger partial charge in [0.05, 0.1) is 5.54 Å². The number of nitrogens with zero attached hydrogens (tertiary/aromatic N) is 2. The minimum atomic E-state index is 0.0150. The lowest BCUT2D eigenvalue weighted by molar-refractivity contribution is 0.351. The molecule has 1 aliphatic rings. The maximum absolute atomic E-state index is 6.07. The van der Waals surface area contributed by atoms with E-state index < -0.39 is 0 Å². The van der Waals surface area contributed by atoms with Crippen LogP contribution in [0.4, 0.5) is 5.95 Å². The van der Waals surface area contributed by atoms with E-state index in [9.17, 15) is 0 Å². The maximum Gasteiger partial charge on any atom is 0.223 e. The topological polar surface area (TPSA) is 37.8 Å². The van der Waals surface area contributed by atoms with Crippen molar-refractivity contribution in [1.82, 2.24) is 9.97 Å². The number of hydrogen-bond acceptors (Lipinski definition) is 3. The molecule has 3 nitrogen and oxygen atoms in total. The van der Waals surface area contributed by atoms with Crippen molar-refractivity contribution in [2.75, 3.05) is 11.2 Å². The third-order valence-corrected chi connectivity index (χ3v) is 3.52. The number of halogens is 1. The zero-order chi connectivity index (χ0) is 10.6. The van der Waals surface area contributed by atoms with Crippen LogP contribution >= 0.6 is 11.6 Å². The molecule has 0 aliphatic heterocycles. The van der Waals surface area contributed by atoms with Gasteiger partial charge in [0.2, 0.25) is 5.95 Å². The highest BCUT2D eigenvalue weighted by Gasteiger charge is 2.31. The van der Waals surface area contributed by atoms with Gasteiger partial charge in [-0.15, -0.1) is 11.6 Å². The minimum absolute atomic E-state index is 0.0150. The van der Waals surface area contributed by atoms with E-state index in [1.54, 1.807) is 12.4 Å². The molecule has 1 N–H and O–H groups in total. The number of hydrogen-bond donors (Lipinski definition) is 1. The SMILES string of the molecule is ClCC1(Nc2ncccn2)CCCCC1. The van der Waals surface area contributed by atoms with Gasteiger partial charge in [0.15, 0.2) is 0 Å². The first-order chi connectivity index (χ1) is 7.35. The van der Waals surface area contributed by atoms with Gasteiger partial charge in [-0.1, -0.05) is 19.3 Å². The van der Waals surface area contributed by atoms with Crippen molar-refractivity contribution in [3.8, 4) is 0 Å². The lowest BCUT2D eigenvalue weighted by atomic mass is 9.83. The van der Waals surface area contributed by atoms with Crippen LogP contribution in [0.2, 0.25) is 0 Å². The lowest BCUT2D eigenvalue weighted by Crippen LogP contribution is -2.42. The molecule has 1 aliphatic carbocycles. The lowest BCUT2D eigenvalue weighted by Gasteiger charge is -2.36. The Morgan fingerprint density at radius 3 is 2.47 bits per heavy atom. The van der Waals surface area contributed by atoms with Crippen LogP contribution in [-0.4, -0.2) is 21.4 Å². The van der Waals surface area contributed by atoms with Crippen LogP contribution in [0.3, 0.4) is 0 Å². The average molecular weight is 226 g/mol. The molecule has 0 atom stereocenters. The van der Waals surface area contributed by atoms with Crippen molar-refractivity contribution in [3.05, 3.63) is 18.5 Å². The molecule has 0 radical (unpaired) electrons. The van der Waals surface area contributed by atoms with Crippen molar-refractivity contribution in [3.63, 3.8) is 0 Å². The van der Waals surface area contributed by atoms with Crippen LogP contribution in [0.1, 0.15) is 32.1 Å². The number of alkyl halides is 1. The molecule has 0 unspecified atom stereocenters. The summed E-state index contributed by atoms with van der Waals surface area (Å²) in [6, 6.07) is 1.82. The number of nitrogens with one attached hydrogen (secondary N) is 1. The van der Waals surface area contributed by atoms with Gasteiger partial charge in [0, 0.05) is 18.3 Å². The van der Waals surface area contributed by atoms with Crippen LogP contribution in [0, 0.1) is 0 Å². The summed E-state index contributed by atoms with van der Waals surface area (Å²) in [5, 5.41) is 3.39. The van der Waals surface area contributed by atoms with E-state index in [2.05, 4.69) is 15.3 Å². The van der Waals surface area contributed by atoms with E-state index in [0.717, 1.165) is 12.8 Å². The molecule has 1 aromatic heterocycles. The van der Waals surface area contributed by atoms with Gasteiger partial charge in [-0.05, 0) is 18.9 Å². The Bertz CT molecular complexity index is 296. The summed E-state index contributed by atoms with van der Waals surface area (Å²) in [7, 11) is 0. The maximum atomic E-state index is 6.07. The van der Waals surface area contributed by atoms with Gasteiger partial charge in [0.25, 0.3) is 0 Å². The average Bonchev–Trinajstić information content (AvgIpc) is 2.32. The first-order valence-corrected chi connectivity index (χ1v) is 5.99. The zero-order valence-corrected chi connectivity index (χ0v) is 9.50. The van der Waals surface area contributed by atoms with Gasteiger partial charge >= 0.3 is 0 Å². The summed E-state index contributed by atoms with van der Waals surface area (Å²) in [6.45, 7) is 0. The van der Waals surface area contributed by atoms with Crippen LogP contribution < -0.4 is 5.32 Å². The summed E-state index contributed by atoms with van der Waals surface area (Å²) in [5.41, 5.74) is 0.0150. The third-order valence-electron chi connectivity index (χ3n) is 3.01. The van der Waals surface area contributed by atoms with Gasteiger partial charge < -0.3 is 5.32 Å². The second-order valence-electron chi connectivity index (χ2n) is 4.17. The third kappa shape index (κ3) is 2.59. The fraction of sp³-hybridized carbons (Fsp3) is 0.636. The normalized spacial score (nSPS) is 19.8. The Morgan fingerprint density at radius 1 is 1.20 bits per heavy atom. The first kappa shape index (κ1) is 10.7. The Balaban J connectivity index is 2.07. The second kappa shape index (κ2) is 4.79. The Hall–Kier alpha value is -0.830. The van der Waals surface area contributed by atoms with E-state index in [0.29, 0.717) is 11.8 Å². The van der Waals surface area contributed by atoms with Gasteiger partial charge in [-0.3, -0.25) is 0 Å². The smallest absolute Gasteiger partial charge is 0.223 e. The Kier molecular flexibility index (Phi) is 3.41. The van der Waals surface area contributed by atoms with Crippen LogP contribution in [0.15, 0.2) is 18.5 Å². The van der Waals surface area contributed by atoms with Crippen LogP contribution in [-0.2, 0) is 0 Å². The zero-order valence-electron chi connectivity index (χ0n) is 8.75. The molecule has 1 fully saturated rings. The number of anilines is 1. The van der Waals surface area contributed by atoms with E-state index >= 15 is 0 Å². The van der Waals surface area contributed by atoms with Crippen molar-refractivity contribution >= 4 is 17.5 Å². The van der Waals surface area contributed by atoms with Crippen molar-refractivity contribution in [1.29, 1.82) is 0 Å². The van der Waals surface area contributed by atoms with Gasteiger partial charge in [-0.25, -0.2) is 9.97 Å². The highest BCUT2D eigenvalue weighted by molar-refractivity contribution is 6.18. The molecule has 4 heteroatoms. The van der Waals surface area contributed by atoms with Crippen LogP contribution in [0.25, 0.3) is 0 Å². The monoisotopic (exact) mass is 225 g/mol. The molecule has 82 valence electrons. The Morgan fingerprint density at radius 2 is 1.87 bits per heavy atom. The fourth-order valence-corrected chi connectivity index (χ4v) is 2.46. The molecule has 1 saturated carbocycles. The Labute approximate surface area is 95.3 Å². The molecule has 1 heterocycles. The highest BCUT2D eigenvalue weighted by atomic mass is 35.5. The second-order valence-corrected chi connectivity index (χ2v) is 4.44.